The standard InChI is InChI=1S/C13H13NO4S2/c1-9-5-6-19-12(9)8-14-20(17,18)11-4-2-3-10(7-11)13(15)16/h2-7,14H,8H2,1H3,(H,15,16). The second-order valence-electron chi connectivity index (χ2n) is 4.18. The van der Waals surface area contributed by atoms with Crippen molar-refractivity contribution in [2.24, 2.45) is 0 Å². The van der Waals surface area contributed by atoms with E-state index in [2.05, 4.69) is 4.72 Å². The van der Waals surface area contributed by atoms with Gasteiger partial charge < -0.3 is 5.11 Å². The quantitative estimate of drug-likeness (QED) is 0.887. The summed E-state index contributed by atoms with van der Waals surface area (Å²) >= 11 is 1.47. The number of nitrogens with one attached hydrogen (secondary N) is 1. The molecule has 0 atom stereocenters. The van der Waals surface area contributed by atoms with Gasteiger partial charge in [0.05, 0.1) is 10.5 Å². The number of sulfonamides is 1. The zero-order valence-electron chi connectivity index (χ0n) is 10.7. The predicted molar refractivity (Wildman–Crippen MR) is 76.5 cm³/mol. The molecule has 5 nitrogen and oxygen atoms in total. The van der Waals surface area contributed by atoms with E-state index in [0.29, 0.717) is 0 Å². The summed E-state index contributed by atoms with van der Waals surface area (Å²) in [7, 11) is -3.72. The SMILES string of the molecule is Cc1ccsc1CNS(=O)(=O)c1cccc(C(=O)O)c1. The minimum Gasteiger partial charge on any atom is -0.478 e. The number of hydrogen-bond acceptors (Lipinski definition) is 4. The highest BCUT2D eigenvalue weighted by Gasteiger charge is 2.16. The molecule has 0 unspecified atom stereocenters. The largest absolute Gasteiger partial charge is 0.478 e. The molecule has 0 spiro atoms. The lowest BCUT2D eigenvalue weighted by Crippen LogP contribution is -2.23. The molecule has 106 valence electrons. The van der Waals surface area contributed by atoms with E-state index in [1.54, 1.807) is 0 Å². The molecule has 1 aromatic heterocycles. The van der Waals surface area contributed by atoms with E-state index in [9.17, 15) is 13.2 Å². The molecule has 2 rings (SSSR count). The fourth-order valence-corrected chi connectivity index (χ4v) is 3.60. The number of benzene rings is 1. The lowest BCUT2D eigenvalue weighted by molar-refractivity contribution is 0.0696. The van der Waals surface area contributed by atoms with Gasteiger partial charge in [-0.05, 0) is 42.1 Å². The van der Waals surface area contributed by atoms with E-state index in [-0.39, 0.29) is 17.0 Å². The van der Waals surface area contributed by atoms with Crippen molar-refractivity contribution >= 4 is 27.3 Å². The van der Waals surface area contributed by atoms with Crippen molar-refractivity contribution < 1.29 is 18.3 Å². The summed E-state index contributed by atoms with van der Waals surface area (Å²) in [6, 6.07) is 7.19. The average Bonchev–Trinajstić information content (AvgIpc) is 2.82. The second kappa shape index (κ2) is 5.74. The van der Waals surface area contributed by atoms with E-state index >= 15 is 0 Å². The molecule has 0 aliphatic heterocycles. The fraction of sp³-hybridized carbons (Fsp3) is 0.154. The summed E-state index contributed by atoms with van der Waals surface area (Å²) in [5.41, 5.74) is 0.970. The average molecular weight is 311 g/mol. The smallest absolute Gasteiger partial charge is 0.335 e. The molecular weight excluding hydrogens is 298 g/mol. The Kier molecular flexibility index (Phi) is 4.22. The molecule has 0 aliphatic rings. The fourth-order valence-electron chi connectivity index (χ4n) is 1.63. The number of hydrogen-bond donors (Lipinski definition) is 2. The highest BCUT2D eigenvalue weighted by atomic mass is 32.2. The van der Waals surface area contributed by atoms with Crippen LogP contribution in [0.1, 0.15) is 20.8 Å². The van der Waals surface area contributed by atoms with E-state index in [4.69, 9.17) is 5.11 Å². The van der Waals surface area contributed by atoms with Crippen LogP contribution in [0.15, 0.2) is 40.6 Å². The third-order valence-corrected chi connectivity index (χ3v) is 5.20. The van der Waals surface area contributed by atoms with Gasteiger partial charge in [0, 0.05) is 11.4 Å². The number of rotatable bonds is 5. The molecule has 0 bridgehead atoms. The lowest BCUT2D eigenvalue weighted by atomic mass is 10.2. The van der Waals surface area contributed by atoms with Crippen molar-refractivity contribution in [3.05, 3.63) is 51.7 Å². The molecule has 2 aromatic rings. The maximum Gasteiger partial charge on any atom is 0.335 e. The van der Waals surface area contributed by atoms with Crippen molar-refractivity contribution in [1.82, 2.24) is 4.72 Å². The first kappa shape index (κ1) is 14.7. The van der Waals surface area contributed by atoms with Crippen LogP contribution in [0.25, 0.3) is 0 Å². The van der Waals surface area contributed by atoms with E-state index < -0.39 is 16.0 Å². The summed E-state index contributed by atoms with van der Waals surface area (Å²) in [6.07, 6.45) is 0. The Balaban J connectivity index is 2.20. The summed E-state index contributed by atoms with van der Waals surface area (Å²) in [5, 5.41) is 10.8. The van der Waals surface area contributed by atoms with Gasteiger partial charge in [-0.25, -0.2) is 17.9 Å². The molecule has 0 saturated heterocycles. The molecular formula is C13H13NO4S2. The summed E-state index contributed by atoms with van der Waals surface area (Å²) in [4.78, 5) is 11.7. The Labute approximate surface area is 120 Å². The third kappa shape index (κ3) is 3.24. The molecule has 7 heteroatoms. The zero-order valence-corrected chi connectivity index (χ0v) is 12.3. The number of aryl methyl sites for hydroxylation is 1. The van der Waals surface area contributed by atoms with E-state index in [1.807, 2.05) is 18.4 Å². The van der Waals surface area contributed by atoms with Gasteiger partial charge in [0.25, 0.3) is 0 Å². The summed E-state index contributed by atoms with van der Waals surface area (Å²) in [6.45, 7) is 2.11. The monoisotopic (exact) mass is 311 g/mol. The molecule has 0 saturated carbocycles. The Hall–Kier alpha value is -1.70. The van der Waals surface area contributed by atoms with E-state index in [0.717, 1.165) is 16.5 Å². The molecule has 1 aromatic carbocycles. The van der Waals surface area contributed by atoms with Crippen LogP contribution in [0.2, 0.25) is 0 Å². The second-order valence-corrected chi connectivity index (χ2v) is 6.95. The first-order valence-corrected chi connectivity index (χ1v) is 8.12. The molecule has 0 amide bonds. The van der Waals surface area contributed by atoms with Crippen LogP contribution < -0.4 is 4.72 Å². The highest BCUT2D eigenvalue weighted by Crippen LogP contribution is 2.17. The van der Waals surface area contributed by atoms with Crippen molar-refractivity contribution in [1.29, 1.82) is 0 Å². The Morgan fingerprint density at radius 3 is 2.70 bits per heavy atom. The van der Waals surface area contributed by atoms with Gasteiger partial charge in [-0.3, -0.25) is 0 Å². The van der Waals surface area contributed by atoms with Gasteiger partial charge in [-0.15, -0.1) is 11.3 Å². The molecule has 20 heavy (non-hydrogen) atoms. The van der Waals surface area contributed by atoms with Gasteiger partial charge in [-0.1, -0.05) is 6.07 Å². The first-order valence-electron chi connectivity index (χ1n) is 5.76. The molecule has 0 fully saturated rings. The van der Waals surface area contributed by atoms with Gasteiger partial charge in [0.15, 0.2) is 0 Å². The molecule has 1 heterocycles. The van der Waals surface area contributed by atoms with Crippen LogP contribution >= 0.6 is 11.3 Å². The van der Waals surface area contributed by atoms with Gasteiger partial charge in [-0.2, -0.15) is 0 Å². The summed E-state index contributed by atoms with van der Waals surface area (Å²) < 4.78 is 26.7. The Morgan fingerprint density at radius 2 is 2.10 bits per heavy atom. The summed E-state index contributed by atoms with van der Waals surface area (Å²) in [5.74, 6) is -1.16. The number of carboxylic acids is 1. The van der Waals surface area contributed by atoms with Crippen LogP contribution in [-0.4, -0.2) is 19.5 Å². The van der Waals surface area contributed by atoms with Crippen LogP contribution in [0, 0.1) is 6.92 Å². The van der Waals surface area contributed by atoms with Crippen LogP contribution in [0.4, 0.5) is 0 Å². The maximum absolute atomic E-state index is 12.1. The first-order chi connectivity index (χ1) is 9.40. The van der Waals surface area contributed by atoms with Crippen molar-refractivity contribution in [2.45, 2.75) is 18.4 Å². The maximum atomic E-state index is 12.1. The third-order valence-electron chi connectivity index (χ3n) is 2.78. The van der Waals surface area contributed by atoms with Crippen molar-refractivity contribution in [2.75, 3.05) is 0 Å². The minimum atomic E-state index is -3.72. The van der Waals surface area contributed by atoms with Gasteiger partial charge in [0.1, 0.15) is 0 Å². The molecule has 2 N–H and O–H groups in total. The topological polar surface area (TPSA) is 83.5 Å². The van der Waals surface area contributed by atoms with Crippen LogP contribution in [0.3, 0.4) is 0 Å². The molecule has 0 radical (unpaired) electrons. The number of aromatic carboxylic acids is 1. The number of carboxylic acid groups (broad SMARTS) is 1. The molecule has 0 aliphatic carbocycles. The Morgan fingerprint density at radius 1 is 1.35 bits per heavy atom. The van der Waals surface area contributed by atoms with Gasteiger partial charge in [0.2, 0.25) is 10.0 Å². The number of carbonyl (C=O) groups is 1. The van der Waals surface area contributed by atoms with Crippen LogP contribution in [0.5, 0.6) is 0 Å². The van der Waals surface area contributed by atoms with Crippen molar-refractivity contribution in [3.8, 4) is 0 Å². The normalized spacial score (nSPS) is 11.4. The van der Waals surface area contributed by atoms with Gasteiger partial charge >= 0.3 is 5.97 Å². The Bertz CT molecular complexity index is 734. The minimum absolute atomic E-state index is 0.0494. The predicted octanol–water partition coefficient (Wildman–Crippen LogP) is 2.23. The van der Waals surface area contributed by atoms with Crippen LogP contribution in [-0.2, 0) is 16.6 Å². The number of thiophene rings is 1. The van der Waals surface area contributed by atoms with Crippen molar-refractivity contribution in [3.63, 3.8) is 0 Å². The highest BCUT2D eigenvalue weighted by molar-refractivity contribution is 7.89. The zero-order chi connectivity index (χ0) is 14.8. The van der Waals surface area contributed by atoms with E-state index in [1.165, 1.54) is 29.5 Å². The lowest BCUT2D eigenvalue weighted by Gasteiger charge is -2.07.